The molecular formula is C13H12O2. The maximum absolute atomic E-state index is 10.8. The number of rotatable bonds is 3. The van der Waals surface area contributed by atoms with E-state index in [0.29, 0.717) is 11.3 Å². The van der Waals surface area contributed by atoms with E-state index in [9.17, 15) is 4.79 Å². The van der Waals surface area contributed by atoms with Gasteiger partial charge < -0.3 is 4.74 Å². The lowest BCUT2D eigenvalue weighted by atomic mass is 10.1. The van der Waals surface area contributed by atoms with Gasteiger partial charge in [0.25, 0.3) is 0 Å². The number of ether oxygens (including phenoxy) is 1. The zero-order valence-corrected chi connectivity index (χ0v) is 8.30. The van der Waals surface area contributed by atoms with Gasteiger partial charge in [-0.1, -0.05) is 24.3 Å². The van der Waals surface area contributed by atoms with Crippen molar-refractivity contribution >= 4 is 6.29 Å². The highest BCUT2D eigenvalue weighted by Crippen LogP contribution is 2.19. The molecule has 1 aliphatic carbocycles. The summed E-state index contributed by atoms with van der Waals surface area (Å²) in [4.78, 5) is 10.8. The van der Waals surface area contributed by atoms with Crippen LogP contribution in [-0.4, -0.2) is 12.4 Å². The lowest BCUT2D eigenvalue weighted by molar-refractivity contribution is 0.111. The summed E-state index contributed by atoms with van der Waals surface area (Å²) in [7, 11) is 0. The quantitative estimate of drug-likeness (QED) is 0.554. The zero-order valence-electron chi connectivity index (χ0n) is 8.30. The molecule has 0 saturated heterocycles. The molecule has 0 spiro atoms. The van der Waals surface area contributed by atoms with Gasteiger partial charge in [0.15, 0.2) is 6.29 Å². The van der Waals surface area contributed by atoms with Gasteiger partial charge in [0.05, 0.1) is 5.56 Å². The number of hydrogen-bond donors (Lipinski definition) is 0. The second kappa shape index (κ2) is 4.60. The summed E-state index contributed by atoms with van der Waals surface area (Å²) in [5.74, 6) is 0.633. The molecule has 0 N–H and O–H groups in total. The fourth-order valence-corrected chi connectivity index (χ4v) is 1.48. The van der Waals surface area contributed by atoms with E-state index in [-0.39, 0.29) is 6.10 Å². The van der Waals surface area contributed by atoms with Gasteiger partial charge in [0, 0.05) is 0 Å². The van der Waals surface area contributed by atoms with Crippen LogP contribution in [0.25, 0.3) is 0 Å². The Balaban J connectivity index is 2.16. The number of allylic oxidation sites excluding steroid dienone is 2. The molecule has 0 saturated carbocycles. The third kappa shape index (κ3) is 2.34. The van der Waals surface area contributed by atoms with Crippen LogP contribution in [0.4, 0.5) is 0 Å². The largest absolute Gasteiger partial charge is 0.482 e. The minimum absolute atomic E-state index is 0.0557. The van der Waals surface area contributed by atoms with E-state index in [1.807, 2.05) is 36.4 Å². The molecular weight excluding hydrogens is 188 g/mol. The fraction of sp³-hybridized carbons (Fsp3) is 0.154. The number of para-hydroxylation sites is 1. The lowest BCUT2D eigenvalue weighted by Crippen LogP contribution is -2.12. The Hall–Kier alpha value is -1.83. The minimum Gasteiger partial charge on any atom is -0.482 e. The summed E-state index contributed by atoms with van der Waals surface area (Å²) in [6.07, 6.45) is 9.78. The van der Waals surface area contributed by atoms with Crippen LogP contribution < -0.4 is 4.74 Å². The van der Waals surface area contributed by atoms with Crippen molar-refractivity contribution in [3.05, 3.63) is 54.1 Å². The highest BCUT2D eigenvalue weighted by molar-refractivity contribution is 5.79. The predicted molar refractivity (Wildman–Crippen MR) is 59.1 cm³/mol. The Labute approximate surface area is 88.9 Å². The molecule has 0 fully saturated rings. The maximum Gasteiger partial charge on any atom is 0.153 e. The molecule has 0 amide bonds. The van der Waals surface area contributed by atoms with Crippen molar-refractivity contribution in [1.82, 2.24) is 0 Å². The van der Waals surface area contributed by atoms with E-state index < -0.39 is 0 Å². The van der Waals surface area contributed by atoms with Crippen LogP contribution in [-0.2, 0) is 0 Å². The van der Waals surface area contributed by atoms with Crippen molar-refractivity contribution in [1.29, 1.82) is 0 Å². The number of aldehydes is 1. The highest BCUT2D eigenvalue weighted by atomic mass is 16.5. The first-order chi connectivity index (χ1) is 7.40. The van der Waals surface area contributed by atoms with Gasteiger partial charge in [-0.25, -0.2) is 0 Å². The molecule has 0 radical (unpaired) electrons. The first kappa shape index (κ1) is 9.71. The summed E-state index contributed by atoms with van der Waals surface area (Å²) in [5.41, 5.74) is 0.588. The molecule has 2 heteroatoms. The highest BCUT2D eigenvalue weighted by Gasteiger charge is 2.07. The van der Waals surface area contributed by atoms with Crippen LogP contribution in [0.2, 0.25) is 0 Å². The average Bonchev–Trinajstić information content (AvgIpc) is 2.31. The summed E-state index contributed by atoms with van der Waals surface area (Å²) >= 11 is 0. The third-order valence-electron chi connectivity index (χ3n) is 2.23. The van der Waals surface area contributed by atoms with Crippen LogP contribution in [0.1, 0.15) is 16.8 Å². The molecule has 76 valence electrons. The summed E-state index contributed by atoms with van der Waals surface area (Å²) in [5, 5.41) is 0. The number of hydrogen-bond acceptors (Lipinski definition) is 2. The van der Waals surface area contributed by atoms with Gasteiger partial charge in [0.1, 0.15) is 11.9 Å². The van der Waals surface area contributed by atoms with Crippen molar-refractivity contribution in [2.75, 3.05) is 0 Å². The number of carbonyl (C=O) groups excluding carboxylic acids is 1. The van der Waals surface area contributed by atoms with Crippen molar-refractivity contribution in [3.8, 4) is 5.75 Å². The van der Waals surface area contributed by atoms with Gasteiger partial charge in [0.2, 0.25) is 0 Å². The molecule has 0 atom stereocenters. The van der Waals surface area contributed by atoms with E-state index in [1.54, 1.807) is 12.1 Å². The lowest BCUT2D eigenvalue weighted by Gasteiger charge is -2.15. The van der Waals surface area contributed by atoms with Gasteiger partial charge in [-0.2, -0.15) is 0 Å². The third-order valence-corrected chi connectivity index (χ3v) is 2.23. The van der Waals surface area contributed by atoms with Crippen molar-refractivity contribution < 1.29 is 9.53 Å². The average molecular weight is 200 g/mol. The maximum atomic E-state index is 10.8. The second-order valence-electron chi connectivity index (χ2n) is 3.33. The monoisotopic (exact) mass is 200 g/mol. The van der Waals surface area contributed by atoms with Gasteiger partial charge >= 0.3 is 0 Å². The first-order valence-electron chi connectivity index (χ1n) is 4.94. The minimum atomic E-state index is -0.0557. The summed E-state index contributed by atoms with van der Waals surface area (Å²) in [6.45, 7) is 0. The van der Waals surface area contributed by atoms with E-state index in [2.05, 4.69) is 0 Å². The molecule has 0 unspecified atom stereocenters. The molecule has 1 aliphatic rings. The molecule has 1 aromatic rings. The molecule has 1 aromatic carbocycles. The fourth-order valence-electron chi connectivity index (χ4n) is 1.48. The van der Waals surface area contributed by atoms with E-state index in [0.717, 1.165) is 12.7 Å². The Morgan fingerprint density at radius 1 is 1.20 bits per heavy atom. The van der Waals surface area contributed by atoms with Crippen LogP contribution in [0.3, 0.4) is 0 Å². The van der Waals surface area contributed by atoms with Gasteiger partial charge in [-0.05, 0) is 30.7 Å². The molecule has 0 heterocycles. The van der Waals surface area contributed by atoms with Crippen LogP contribution >= 0.6 is 0 Å². The number of benzene rings is 1. The Kier molecular flexibility index (Phi) is 2.98. The van der Waals surface area contributed by atoms with Crippen molar-refractivity contribution in [2.24, 2.45) is 0 Å². The van der Waals surface area contributed by atoms with Crippen LogP contribution in [0.15, 0.2) is 48.6 Å². The first-order valence-corrected chi connectivity index (χ1v) is 4.94. The van der Waals surface area contributed by atoms with Crippen molar-refractivity contribution in [3.63, 3.8) is 0 Å². The molecule has 15 heavy (non-hydrogen) atoms. The van der Waals surface area contributed by atoms with Gasteiger partial charge in [-0.15, -0.1) is 0 Å². The zero-order chi connectivity index (χ0) is 10.5. The Bertz CT molecular complexity index is 393. The molecule has 0 bridgehead atoms. The van der Waals surface area contributed by atoms with Crippen LogP contribution in [0.5, 0.6) is 5.75 Å². The second-order valence-corrected chi connectivity index (χ2v) is 3.33. The Morgan fingerprint density at radius 2 is 1.93 bits per heavy atom. The number of carbonyl (C=O) groups is 1. The molecule has 2 rings (SSSR count). The topological polar surface area (TPSA) is 26.3 Å². The predicted octanol–water partition coefficient (Wildman–Crippen LogP) is 2.76. The summed E-state index contributed by atoms with van der Waals surface area (Å²) in [6, 6.07) is 7.24. The van der Waals surface area contributed by atoms with Gasteiger partial charge in [-0.3, -0.25) is 4.79 Å². The normalized spacial score (nSPS) is 15.2. The Morgan fingerprint density at radius 3 is 2.67 bits per heavy atom. The standard InChI is InChI=1S/C13H12O2/c14-10-11-6-4-5-9-13(11)15-12-7-2-1-3-8-12/h2-10,12H,1H2. The molecule has 0 aromatic heterocycles. The molecule has 2 nitrogen and oxygen atoms in total. The SMILES string of the molecule is O=Cc1ccccc1OC1C=CCC=C1. The molecule has 0 aliphatic heterocycles. The van der Waals surface area contributed by atoms with E-state index in [4.69, 9.17) is 4.74 Å². The smallest absolute Gasteiger partial charge is 0.153 e. The van der Waals surface area contributed by atoms with E-state index >= 15 is 0 Å². The van der Waals surface area contributed by atoms with Crippen molar-refractivity contribution in [2.45, 2.75) is 12.5 Å². The summed E-state index contributed by atoms with van der Waals surface area (Å²) < 4.78 is 5.67. The van der Waals surface area contributed by atoms with Crippen LogP contribution in [0, 0.1) is 0 Å². The van der Waals surface area contributed by atoms with E-state index in [1.165, 1.54) is 0 Å².